The summed E-state index contributed by atoms with van der Waals surface area (Å²) in [5.41, 5.74) is -1.07. The first kappa shape index (κ1) is 23.3. The summed E-state index contributed by atoms with van der Waals surface area (Å²) >= 11 is 0. The Morgan fingerprint density at radius 3 is 2.14 bits per heavy atom. The van der Waals surface area contributed by atoms with Gasteiger partial charge in [0.15, 0.2) is 0 Å². The zero-order chi connectivity index (χ0) is 20.6. The molecule has 2 bridgehead atoms. The van der Waals surface area contributed by atoms with Gasteiger partial charge >= 0.3 is 6.09 Å². The number of carbonyl (C=O) groups is 1. The first-order valence-electron chi connectivity index (χ1n) is 11.6. The molecule has 1 N–H and O–H groups in total. The number of ether oxygens (including phenoxy) is 1. The van der Waals surface area contributed by atoms with Crippen molar-refractivity contribution in [3.63, 3.8) is 0 Å². The Bertz CT molecular complexity index is 483. The molecule has 2 fully saturated rings. The quantitative estimate of drug-likeness (QED) is 0.347. The Balaban J connectivity index is 1.74. The first-order chi connectivity index (χ1) is 13.2. The van der Waals surface area contributed by atoms with E-state index in [0.29, 0.717) is 12.8 Å². The van der Waals surface area contributed by atoms with E-state index in [1.54, 1.807) is 0 Å². The Morgan fingerprint density at radius 1 is 1.07 bits per heavy atom. The van der Waals surface area contributed by atoms with Crippen LogP contribution in [0.2, 0.25) is 0 Å². The minimum absolute atomic E-state index is 0.136. The third-order valence-electron chi connectivity index (χ3n) is 6.25. The highest BCUT2D eigenvalue weighted by Gasteiger charge is 2.47. The third kappa shape index (κ3) is 7.42. The zero-order valence-corrected chi connectivity index (χ0v) is 18.5. The molecule has 0 saturated carbocycles. The summed E-state index contributed by atoms with van der Waals surface area (Å²) in [5.74, 6) is 0. The average molecular weight is 394 g/mol. The van der Waals surface area contributed by atoms with E-state index in [0.717, 1.165) is 38.5 Å². The van der Waals surface area contributed by atoms with Crippen LogP contribution in [0.25, 0.3) is 0 Å². The lowest BCUT2D eigenvalue weighted by atomic mass is 9.73. The molecule has 2 unspecified atom stereocenters. The minimum Gasteiger partial charge on any atom is -0.444 e. The number of allylic oxidation sites excluding steroid dienone is 1. The predicted molar refractivity (Wildman–Crippen MR) is 115 cm³/mol. The second kappa shape index (κ2) is 10.7. The number of carbonyl (C=O) groups excluding carboxylic acids is 1. The molecule has 1 amide bonds. The third-order valence-corrected chi connectivity index (χ3v) is 6.25. The van der Waals surface area contributed by atoms with Crippen LogP contribution in [0, 0.1) is 0 Å². The lowest BCUT2D eigenvalue weighted by molar-refractivity contribution is -0.0965. The van der Waals surface area contributed by atoms with Crippen molar-refractivity contribution in [2.75, 3.05) is 0 Å². The molecule has 2 rings (SSSR count). The summed E-state index contributed by atoms with van der Waals surface area (Å²) in [4.78, 5) is 14.6. The van der Waals surface area contributed by atoms with Crippen LogP contribution in [0.5, 0.6) is 0 Å². The van der Waals surface area contributed by atoms with Gasteiger partial charge in [-0.3, -0.25) is 0 Å². The Hall–Kier alpha value is -1.03. The molecule has 162 valence electrons. The van der Waals surface area contributed by atoms with Gasteiger partial charge in [-0.05, 0) is 72.1 Å². The molecule has 0 spiro atoms. The van der Waals surface area contributed by atoms with Crippen molar-refractivity contribution < 1.29 is 14.6 Å². The van der Waals surface area contributed by atoms with Gasteiger partial charge in [0.25, 0.3) is 0 Å². The van der Waals surface area contributed by atoms with Crippen LogP contribution in [0.4, 0.5) is 4.79 Å². The van der Waals surface area contributed by atoms with Gasteiger partial charge in [0.1, 0.15) is 5.60 Å². The summed E-state index contributed by atoms with van der Waals surface area (Å²) in [6, 6.07) is 0.273. The molecule has 0 aromatic carbocycles. The van der Waals surface area contributed by atoms with Crippen LogP contribution in [0.1, 0.15) is 111 Å². The lowest BCUT2D eigenvalue weighted by Gasteiger charge is -2.51. The maximum absolute atomic E-state index is 12.7. The Labute approximate surface area is 172 Å². The van der Waals surface area contributed by atoms with Gasteiger partial charge in [0.05, 0.1) is 5.60 Å². The molecule has 4 heteroatoms. The van der Waals surface area contributed by atoms with E-state index >= 15 is 0 Å². The molecule has 2 heterocycles. The van der Waals surface area contributed by atoms with E-state index in [-0.39, 0.29) is 18.2 Å². The van der Waals surface area contributed by atoms with E-state index in [1.807, 2.05) is 31.7 Å². The fourth-order valence-electron chi connectivity index (χ4n) is 4.97. The van der Waals surface area contributed by atoms with Crippen molar-refractivity contribution in [3.05, 3.63) is 12.7 Å². The predicted octanol–water partition coefficient (Wildman–Crippen LogP) is 6.37. The number of nitrogens with zero attached hydrogens (tertiary/aromatic N) is 1. The molecule has 0 radical (unpaired) electrons. The topological polar surface area (TPSA) is 49.8 Å². The van der Waals surface area contributed by atoms with Crippen molar-refractivity contribution >= 4 is 6.09 Å². The van der Waals surface area contributed by atoms with E-state index in [1.165, 1.54) is 38.5 Å². The number of hydrogen-bond acceptors (Lipinski definition) is 3. The number of hydrogen-bond donors (Lipinski definition) is 1. The smallest absolute Gasteiger partial charge is 0.410 e. The molecule has 2 atom stereocenters. The van der Waals surface area contributed by atoms with Gasteiger partial charge in [0, 0.05) is 12.1 Å². The first-order valence-corrected chi connectivity index (χ1v) is 11.6. The number of rotatable bonds is 10. The SMILES string of the molecule is C=CCCCCCCCCCC1(O)CC2CCCC(C1)N2C(=O)OC(C)(C)C. The van der Waals surface area contributed by atoms with E-state index in [4.69, 9.17) is 4.74 Å². The maximum Gasteiger partial charge on any atom is 0.410 e. The number of amides is 1. The molecular weight excluding hydrogens is 350 g/mol. The van der Waals surface area contributed by atoms with Crippen molar-refractivity contribution in [2.45, 2.75) is 134 Å². The van der Waals surface area contributed by atoms with Crippen molar-refractivity contribution in [1.82, 2.24) is 4.90 Å². The van der Waals surface area contributed by atoms with Gasteiger partial charge in [-0.15, -0.1) is 6.58 Å². The van der Waals surface area contributed by atoms with Gasteiger partial charge in [-0.1, -0.05) is 44.6 Å². The molecule has 0 aromatic rings. The second-order valence-electron chi connectivity index (χ2n) is 10.1. The van der Waals surface area contributed by atoms with Gasteiger partial charge in [-0.2, -0.15) is 0 Å². The number of piperidine rings is 2. The minimum atomic E-state index is -0.599. The molecule has 28 heavy (non-hydrogen) atoms. The van der Waals surface area contributed by atoms with Crippen LogP contribution in [0.15, 0.2) is 12.7 Å². The fourth-order valence-corrected chi connectivity index (χ4v) is 4.97. The number of fused-ring (bicyclic) bond motifs is 2. The highest BCUT2D eigenvalue weighted by atomic mass is 16.6. The highest BCUT2D eigenvalue weighted by Crippen LogP contribution is 2.42. The van der Waals surface area contributed by atoms with Crippen molar-refractivity contribution in [3.8, 4) is 0 Å². The van der Waals surface area contributed by atoms with Gasteiger partial charge in [-0.25, -0.2) is 4.79 Å². The summed E-state index contributed by atoms with van der Waals surface area (Å²) in [6.45, 7) is 9.52. The monoisotopic (exact) mass is 393 g/mol. The van der Waals surface area contributed by atoms with Crippen LogP contribution in [-0.4, -0.2) is 39.4 Å². The summed E-state index contributed by atoms with van der Waals surface area (Å²) in [6.07, 6.45) is 17.1. The fraction of sp³-hybridized carbons (Fsp3) is 0.875. The molecule has 0 aliphatic carbocycles. The van der Waals surface area contributed by atoms with Crippen LogP contribution in [-0.2, 0) is 4.74 Å². The van der Waals surface area contributed by atoms with Crippen LogP contribution >= 0.6 is 0 Å². The van der Waals surface area contributed by atoms with Gasteiger partial charge in [0.2, 0.25) is 0 Å². The molecule has 0 aromatic heterocycles. The van der Waals surface area contributed by atoms with Crippen molar-refractivity contribution in [1.29, 1.82) is 0 Å². The van der Waals surface area contributed by atoms with Gasteiger partial charge < -0.3 is 14.7 Å². The average Bonchev–Trinajstić information content (AvgIpc) is 2.58. The van der Waals surface area contributed by atoms with E-state index < -0.39 is 11.2 Å². The summed E-state index contributed by atoms with van der Waals surface area (Å²) < 4.78 is 5.64. The highest BCUT2D eigenvalue weighted by molar-refractivity contribution is 5.69. The standard InChI is InChI=1S/C24H43NO3/c1-5-6-7-8-9-10-11-12-13-17-24(27)18-20-15-14-16-21(19-24)25(20)22(26)28-23(2,3)4/h5,20-21,27H,1,6-19H2,2-4H3. The Morgan fingerprint density at radius 2 is 1.61 bits per heavy atom. The summed E-state index contributed by atoms with van der Waals surface area (Å²) in [5, 5.41) is 11.2. The normalized spacial score (nSPS) is 27.5. The maximum atomic E-state index is 12.7. The number of unbranched alkanes of at least 4 members (excludes halogenated alkanes) is 7. The Kier molecular flexibility index (Phi) is 8.85. The lowest BCUT2D eigenvalue weighted by Crippen LogP contribution is -2.60. The van der Waals surface area contributed by atoms with E-state index in [9.17, 15) is 9.90 Å². The second-order valence-corrected chi connectivity index (χ2v) is 10.1. The van der Waals surface area contributed by atoms with E-state index in [2.05, 4.69) is 6.58 Å². The van der Waals surface area contributed by atoms with Crippen molar-refractivity contribution in [2.24, 2.45) is 0 Å². The van der Waals surface area contributed by atoms with Crippen LogP contribution in [0.3, 0.4) is 0 Å². The molecule has 2 saturated heterocycles. The zero-order valence-electron chi connectivity index (χ0n) is 18.5. The summed E-state index contributed by atoms with van der Waals surface area (Å²) in [7, 11) is 0. The molecule has 2 aliphatic rings. The molecule has 2 aliphatic heterocycles. The number of aliphatic hydroxyl groups is 1. The van der Waals surface area contributed by atoms with Crippen LogP contribution < -0.4 is 0 Å². The molecular formula is C24H43NO3. The largest absolute Gasteiger partial charge is 0.444 e. The molecule has 4 nitrogen and oxygen atoms in total.